The number of allylic oxidation sites excluding steroid dienone is 1. The highest BCUT2D eigenvalue weighted by molar-refractivity contribution is 5.21. The smallest absolute Gasteiger partial charge is 0.131 e. The lowest BCUT2D eigenvalue weighted by Gasteiger charge is -2.36. The summed E-state index contributed by atoms with van der Waals surface area (Å²) < 4.78 is 0. The SMILES string of the molecule is C#CC1(O)CCCCC1/C(C)=C/C. The van der Waals surface area contributed by atoms with Gasteiger partial charge in [-0.15, -0.1) is 6.42 Å². The third-order valence-corrected chi connectivity index (χ3v) is 3.13. The van der Waals surface area contributed by atoms with Crippen LogP contribution in [0.1, 0.15) is 39.5 Å². The number of terminal acetylenes is 1. The highest BCUT2D eigenvalue weighted by Crippen LogP contribution is 2.37. The molecule has 0 heterocycles. The van der Waals surface area contributed by atoms with E-state index in [2.05, 4.69) is 18.9 Å². The zero-order valence-electron chi connectivity index (χ0n) is 8.51. The zero-order chi connectivity index (χ0) is 9.90. The van der Waals surface area contributed by atoms with Crippen molar-refractivity contribution in [2.45, 2.75) is 45.1 Å². The third-order valence-electron chi connectivity index (χ3n) is 3.13. The molecule has 1 aliphatic rings. The Labute approximate surface area is 80.9 Å². The molecule has 0 aromatic carbocycles. The molecule has 1 nitrogen and oxygen atoms in total. The number of hydrogen-bond acceptors (Lipinski definition) is 1. The Morgan fingerprint density at radius 2 is 2.31 bits per heavy atom. The Hall–Kier alpha value is -0.740. The fraction of sp³-hybridized carbons (Fsp3) is 0.667. The highest BCUT2D eigenvalue weighted by Gasteiger charge is 2.37. The van der Waals surface area contributed by atoms with Crippen molar-refractivity contribution in [2.24, 2.45) is 5.92 Å². The van der Waals surface area contributed by atoms with Crippen molar-refractivity contribution in [1.82, 2.24) is 0 Å². The summed E-state index contributed by atoms with van der Waals surface area (Å²) in [6.07, 6.45) is 11.5. The molecule has 1 saturated carbocycles. The minimum atomic E-state index is -0.880. The van der Waals surface area contributed by atoms with E-state index in [1.54, 1.807) is 0 Å². The summed E-state index contributed by atoms with van der Waals surface area (Å²) in [4.78, 5) is 0. The maximum absolute atomic E-state index is 10.2. The lowest BCUT2D eigenvalue weighted by molar-refractivity contribution is 0.0203. The molecule has 1 heteroatoms. The minimum Gasteiger partial charge on any atom is -0.377 e. The van der Waals surface area contributed by atoms with Gasteiger partial charge < -0.3 is 5.11 Å². The van der Waals surface area contributed by atoms with Gasteiger partial charge in [-0.3, -0.25) is 0 Å². The Morgan fingerprint density at radius 3 is 2.85 bits per heavy atom. The molecule has 1 N–H and O–H groups in total. The summed E-state index contributed by atoms with van der Waals surface area (Å²) in [6, 6.07) is 0. The number of aliphatic hydroxyl groups is 1. The summed E-state index contributed by atoms with van der Waals surface area (Å²) in [5, 5.41) is 10.2. The molecule has 0 radical (unpaired) electrons. The minimum absolute atomic E-state index is 0.177. The van der Waals surface area contributed by atoms with E-state index in [4.69, 9.17) is 6.42 Å². The Bertz CT molecular complexity index is 246. The predicted molar refractivity (Wildman–Crippen MR) is 55.2 cm³/mol. The van der Waals surface area contributed by atoms with Crippen LogP contribution in [0.4, 0.5) is 0 Å². The first-order chi connectivity index (χ1) is 6.14. The van der Waals surface area contributed by atoms with Crippen molar-refractivity contribution in [1.29, 1.82) is 0 Å². The molecular formula is C12H18O. The second kappa shape index (κ2) is 3.98. The molecule has 13 heavy (non-hydrogen) atoms. The van der Waals surface area contributed by atoms with E-state index in [0.29, 0.717) is 0 Å². The average molecular weight is 178 g/mol. The first-order valence-electron chi connectivity index (χ1n) is 4.97. The molecule has 0 saturated heterocycles. The molecule has 0 aliphatic heterocycles. The summed E-state index contributed by atoms with van der Waals surface area (Å²) in [6.45, 7) is 4.05. The Kier molecular flexibility index (Phi) is 3.17. The van der Waals surface area contributed by atoms with Gasteiger partial charge in [0.25, 0.3) is 0 Å². The van der Waals surface area contributed by atoms with Crippen LogP contribution in [-0.4, -0.2) is 10.7 Å². The van der Waals surface area contributed by atoms with Crippen molar-refractivity contribution in [3.63, 3.8) is 0 Å². The van der Waals surface area contributed by atoms with Gasteiger partial charge in [0.2, 0.25) is 0 Å². The van der Waals surface area contributed by atoms with Gasteiger partial charge in [0.05, 0.1) is 0 Å². The van der Waals surface area contributed by atoms with Gasteiger partial charge in [0, 0.05) is 5.92 Å². The van der Waals surface area contributed by atoms with Crippen LogP contribution < -0.4 is 0 Å². The lowest BCUT2D eigenvalue weighted by atomic mass is 9.72. The molecule has 1 aliphatic carbocycles. The second-order valence-corrected chi connectivity index (χ2v) is 3.90. The molecular weight excluding hydrogens is 160 g/mol. The normalized spacial score (nSPS) is 35.5. The van der Waals surface area contributed by atoms with Crippen LogP contribution in [0.5, 0.6) is 0 Å². The molecule has 0 spiro atoms. The maximum Gasteiger partial charge on any atom is 0.131 e. The monoisotopic (exact) mass is 178 g/mol. The van der Waals surface area contributed by atoms with Gasteiger partial charge in [0.1, 0.15) is 5.60 Å². The zero-order valence-corrected chi connectivity index (χ0v) is 8.51. The highest BCUT2D eigenvalue weighted by atomic mass is 16.3. The number of hydrogen-bond donors (Lipinski definition) is 1. The topological polar surface area (TPSA) is 20.2 Å². The molecule has 72 valence electrons. The third kappa shape index (κ3) is 1.95. The van der Waals surface area contributed by atoms with Gasteiger partial charge in [-0.25, -0.2) is 0 Å². The quantitative estimate of drug-likeness (QED) is 0.483. The van der Waals surface area contributed by atoms with E-state index in [-0.39, 0.29) is 5.92 Å². The van der Waals surface area contributed by atoms with Crippen LogP contribution in [-0.2, 0) is 0 Å². The lowest BCUT2D eigenvalue weighted by Crippen LogP contribution is -2.39. The molecule has 0 amide bonds. The Balaban J connectivity index is 2.87. The maximum atomic E-state index is 10.2. The van der Waals surface area contributed by atoms with E-state index in [9.17, 15) is 5.11 Å². The van der Waals surface area contributed by atoms with Gasteiger partial charge in [-0.1, -0.05) is 24.0 Å². The fourth-order valence-corrected chi connectivity index (χ4v) is 2.13. The van der Waals surface area contributed by atoms with E-state index in [0.717, 1.165) is 19.3 Å². The van der Waals surface area contributed by atoms with Crippen molar-refractivity contribution in [3.8, 4) is 12.3 Å². The van der Waals surface area contributed by atoms with Crippen molar-refractivity contribution in [2.75, 3.05) is 0 Å². The van der Waals surface area contributed by atoms with E-state index in [1.807, 2.05) is 6.92 Å². The number of rotatable bonds is 1. The van der Waals surface area contributed by atoms with Gasteiger partial charge >= 0.3 is 0 Å². The van der Waals surface area contributed by atoms with Gasteiger partial charge in [-0.05, 0) is 33.1 Å². The standard InChI is InChI=1S/C12H18O/c1-4-10(3)11-8-6-7-9-12(11,13)5-2/h2,4,11,13H,6-9H2,1,3H3/b10-4+. The summed E-state index contributed by atoms with van der Waals surface area (Å²) in [5.41, 5.74) is 0.342. The Morgan fingerprint density at radius 1 is 1.62 bits per heavy atom. The van der Waals surface area contributed by atoms with E-state index in [1.165, 1.54) is 12.0 Å². The first kappa shape index (κ1) is 10.3. The van der Waals surface area contributed by atoms with Crippen LogP contribution in [0, 0.1) is 18.3 Å². The van der Waals surface area contributed by atoms with Gasteiger partial charge in [0.15, 0.2) is 0 Å². The fourth-order valence-electron chi connectivity index (χ4n) is 2.13. The van der Waals surface area contributed by atoms with Crippen molar-refractivity contribution in [3.05, 3.63) is 11.6 Å². The molecule has 0 bridgehead atoms. The summed E-state index contributed by atoms with van der Waals surface area (Å²) in [5.74, 6) is 2.74. The van der Waals surface area contributed by atoms with Crippen molar-refractivity contribution < 1.29 is 5.11 Å². The molecule has 1 fully saturated rings. The van der Waals surface area contributed by atoms with Crippen LogP contribution in [0.15, 0.2) is 11.6 Å². The molecule has 0 aromatic rings. The van der Waals surface area contributed by atoms with E-state index >= 15 is 0 Å². The van der Waals surface area contributed by atoms with Crippen molar-refractivity contribution >= 4 is 0 Å². The van der Waals surface area contributed by atoms with Crippen LogP contribution in [0.3, 0.4) is 0 Å². The van der Waals surface area contributed by atoms with Crippen LogP contribution >= 0.6 is 0 Å². The molecule has 2 atom stereocenters. The molecule has 1 rings (SSSR count). The van der Waals surface area contributed by atoms with Crippen LogP contribution in [0.25, 0.3) is 0 Å². The second-order valence-electron chi connectivity index (χ2n) is 3.90. The first-order valence-corrected chi connectivity index (χ1v) is 4.97. The molecule has 0 aromatic heterocycles. The molecule has 2 unspecified atom stereocenters. The van der Waals surface area contributed by atoms with Crippen LogP contribution in [0.2, 0.25) is 0 Å². The predicted octanol–water partition coefficient (Wildman–Crippen LogP) is 2.51. The largest absolute Gasteiger partial charge is 0.377 e. The van der Waals surface area contributed by atoms with Gasteiger partial charge in [-0.2, -0.15) is 0 Å². The average Bonchev–Trinajstić information content (AvgIpc) is 2.17. The van der Waals surface area contributed by atoms with E-state index < -0.39 is 5.60 Å². The summed E-state index contributed by atoms with van der Waals surface area (Å²) >= 11 is 0. The summed E-state index contributed by atoms with van der Waals surface area (Å²) in [7, 11) is 0.